The number of hydrogen-bond acceptors (Lipinski definition) is 4. The molecule has 1 rings (SSSR count). The van der Waals surface area contributed by atoms with Crippen LogP contribution in [0.15, 0.2) is 12.1 Å². The molecule has 0 spiro atoms. The van der Waals surface area contributed by atoms with E-state index in [0.29, 0.717) is 24.1 Å². The van der Waals surface area contributed by atoms with Crippen LogP contribution in [-0.4, -0.2) is 18.1 Å². The Morgan fingerprint density at radius 3 is 2.63 bits per heavy atom. The summed E-state index contributed by atoms with van der Waals surface area (Å²) in [5, 5.41) is 3.36. The van der Waals surface area contributed by atoms with Crippen molar-refractivity contribution in [3.8, 4) is 5.88 Å². The molecule has 0 aliphatic heterocycles. The van der Waals surface area contributed by atoms with Crippen molar-refractivity contribution in [3.05, 3.63) is 12.1 Å². The summed E-state index contributed by atoms with van der Waals surface area (Å²) >= 11 is 0. The second-order valence-corrected chi connectivity index (χ2v) is 5.94. The van der Waals surface area contributed by atoms with Gasteiger partial charge in [-0.05, 0) is 29.9 Å². The molecule has 4 nitrogen and oxygen atoms in total. The van der Waals surface area contributed by atoms with Crippen molar-refractivity contribution in [3.63, 3.8) is 0 Å². The molecule has 3 N–H and O–H groups in total. The van der Waals surface area contributed by atoms with Gasteiger partial charge in [0.2, 0.25) is 5.88 Å². The average molecular weight is 265 g/mol. The van der Waals surface area contributed by atoms with Gasteiger partial charge >= 0.3 is 0 Å². The van der Waals surface area contributed by atoms with Crippen molar-refractivity contribution in [1.29, 1.82) is 0 Å². The van der Waals surface area contributed by atoms with Crippen LogP contribution >= 0.6 is 0 Å². The van der Waals surface area contributed by atoms with Crippen LogP contribution in [0.25, 0.3) is 0 Å². The van der Waals surface area contributed by atoms with Crippen molar-refractivity contribution >= 4 is 11.5 Å². The zero-order chi connectivity index (χ0) is 14.5. The number of aromatic nitrogens is 1. The predicted octanol–water partition coefficient (Wildman–Crippen LogP) is 3.55. The molecule has 19 heavy (non-hydrogen) atoms. The molecule has 0 amide bonds. The molecule has 108 valence electrons. The first-order valence-corrected chi connectivity index (χ1v) is 7.00. The van der Waals surface area contributed by atoms with E-state index in [9.17, 15) is 0 Å². The topological polar surface area (TPSA) is 60.2 Å². The zero-order valence-corrected chi connectivity index (χ0v) is 12.8. The van der Waals surface area contributed by atoms with Crippen molar-refractivity contribution in [1.82, 2.24) is 4.98 Å². The van der Waals surface area contributed by atoms with Gasteiger partial charge in [0.25, 0.3) is 0 Å². The van der Waals surface area contributed by atoms with Gasteiger partial charge in [0.05, 0.1) is 12.3 Å². The van der Waals surface area contributed by atoms with Crippen LogP contribution in [0, 0.1) is 11.3 Å². The molecule has 0 unspecified atom stereocenters. The molecule has 4 heteroatoms. The zero-order valence-electron chi connectivity index (χ0n) is 12.8. The maximum absolute atomic E-state index is 5.85. The number of nitrogens with two attached hydrogens (primary N) is 1. The average Bonchev–Trinajstić information content (AvgIpc) is 2.36. The predicted molar refractivity (Wildman–Crippen MR) is 81.5 cm³/mol. The summed E-state index contributed by atoms with van der Waals surface area (Å²) in [5.74, 6) is 1.94. The Kier molecular flexibility index (Phi) is 5.45. The van der Waals surface area contributed by atoms with E-state index in [2.05, 4.69) is 44.9 Å². The van der Waals surface area contributed by atoms with Crippen LogP contribution in [0.3, 0.4) is 0 Å². The molecule has 0 fully saturated rings. The van der Waals surface area contributed by atoms with Crippen molar-refractivity contribution < 1.29 is 4.74 Å². The highest BCUT2D eigenvalue weighted by Gasteiger charge is 2.22. The van der Waals surface area contributed by atoms with Crippen LogP contribution in [0.1, 0.15) is 41.0 Å². The van der Waals surface area contributed by atoms with Gasteiger partial charge in [0, 0.05) is 6.54 Å². The number of nitrogen functional groups attached to an aromatic ring is 1. The lowest BCUT2D eigenvalue weighted by atomic mass is 9.81. The van der Waals surface area contributed by atoms with E-state index in [1.165, 1.54) is 0 Å². The lowest BCUT2D eigenvalue weighted by Gasteiger charge is -2.29. The Hall–Kier alpha value is -1.45. The van der Waals surface area contributed by atoms with Gasteiger partial charge in [-0.15, -0.1) is 0 Å². The molecule has 0 aliphatic rings. The Balaban J connectivity index is 2.69. The normalized spacial score (nSPS) is 11.7. The second kappa shape index (κ2) is 6.64. The minimum atomic E-state index is 0.216. The number of rotatable bonds is 7. The van der Waals surface area contributed by atoms with E-state index < -0.39 is 0 Å². The smallest absolute Gasteiger partial charge is 0.239 e. The molecule has 0 aliphatic carbocycles. The summed E-state index contributed by atoms with van der Waals surface area (Å²) < 4.78 is 5.53. The van der Waals surface area contributed by atoms with Gasteiger partial charge in [-0.2, -0.15) is 4.98 Å². The summed E-state index contributed by atoms with van der Waals surface area (Å²) in [6.07, 6.45) is 0.944. The molecule has 1 aromatic rings. The van der Waals surface area contributed by atoms with Gasteiger partial charge in [0.15, 0.2) is 0 Å². The molecule has 0 radical (unpaired) electrons. The summed E-state index contributed by atoms with van der Waals surface area (Å²) in [6, 6.07) is 3.73. The lowest BCUT2D eigenvalue weighted by molar-refractivity contribution is 0.269. The Bertz CT molecular complexity index is 402. The van der Waals surface area contributed by atoms with E-state index in [1.54, 1.807) is 0 Å². The Morgan fingerprint density at radius 2 is 2.05 bits per heavy atom. The van der Waals surface area contributed by atoms with Crippen LogP contribution in [0.2, 0.25) is 0 Å². The minimum Gasteiger partial charge on any atom is -0.476 e. The molecule has 0 saturated heterocycles. The van der Waals surface area contributed by atoms with E-state index in [1.807, 2.05) is 12.1 Å². The van der Waals surface area contributed by atoms with E-state index in [4.69, 9.17) is 10.5 Å². The van der Waals surface area contributed by atoms with E-state index in [-0.39, 0.29) is 5.41 Å². The highest BCUT2D eigenvalue weighted by Crippen LogP contribution is 2.27. The first kappa shape index (κ1) is 15.6. The maximum atomic E-state index is 5.85. The van der Waals surface area contributed by atoms with Gasteiger partial charge in [0.1, 0.15) is 5.82 Å². The fourth-order valence-corrected chi connectivity index (χ4v) is 1.39. The largest absolute Gasteiger partial charge is 0.476 e. The fraction of sp³-hybridized carbons (Fsp3) is 0.667. The molecule has 1 aromatic heterocycles. The van der Waals surface area contributed by atoms with Crippen LogP contribution < -0.4 is 15.8 Å². The number of nitrogens with one attached hydrogen (secondary N) is 1. The van der Waals surface area contributed by atoms with Gasteiger partial charge < -0.3 is 15.8 Å². The molecule has 0 saturated carbocycles. The number of hydrogen-bond donors (Lipinski definition) is 2. The standard InChI is InChI=1S/C15H27N3O/c1-6-9-19-14-12(16)7-8-13(18-14)17-10-15(4,5)11(2)3/h7-8,11H,6,9-10,16H2,1-5H3,(H,17,18). The Morgan fingerprint density at radius 1 is 1.37 bits per heavy atom. The Labute approximate surface area is 116 Å². The van der Waals surface area contributed by atoms with Gasteiger partial charge in [-0.1, -0.05) is 34.6 Å². The number of nitrogens with zero attached hydrogens (tertiary/aromatic N) is 1. The van der Waals surface area contributed by atoms with Crippen molar-refractivity contribution in [2.45, 2.75) is 41.0 Å². The number of ether oxygens (including phenoxy) is 1. The number of anilines is 2. The molecular formula is C15H27N3O. The van der Waals surface area contributed by atoms with Gasteiger partial charge in [-0.25, -0.2) is 0 Å². The molecule has 1 heterocycles. The van der Waals surface area contributed by atoms with Crippen LogP contribution in [-0.2, 0) is 0 Å². The maximum Gasteiger partial charge on any atom is 0.239 e. The van der Waals surface area contributed by atoms with Gasteiger partial charge in [-0.3, -0.25) is 0 Å². The highest BCUT2D eigenvalue weighted by atomic mass is 16.5. The third kappa shape index (κ3) is 4.62. The minimum absolute atomic E-state index is 0.216. The van der Waals surface area contributed by atoms with Crippen molar-refractivity contribution in [2.24, 2.45) is 11.3 Å². The second-order valence-electron chi connectivity index (χ2n) is 5.94. The first-order valence-electron chi connectivity index (χ1n) is 7.00. The SMILES string of the molecule is CCCOc1nc(NCC(C)(C)C(C)C)ccc1N. The monoisotopic (exact) mass is 265 g/mol. The fourth-order valence-electron chi connectivity index (χ4n) is 1.39. The van der Waals surface area contributed by atoms with E-state index in [0.717, 1.165) is 18.8 Å². The third-order valence-corrected chi connectivity index (χ3v) is 3.62. The summed E-state index contributed by atoms with van der Waals surface area (Å²) in [4.78, 5) is 4.41. The van der Waals surface area contributed by atoms with Crippen LogP contribution in [0.5, 0.6) is 5.88 Å². The summed E-state index contributed by atoms with van der Waals surface area (Å²) in [5.41, 5.74) is 6.65. The lowest BCUT2D eigenvalue weighted by Crippen LogP contribution is -2.28. The van der Waals surface area contributed by atoms with E-state index >= 15 is 0 Å². The highest BCUT2D eigenvalue weighted by molar-refractivity contribution is 5.53. The summed E-state index contributed by atoms with van der Waals surface area (Å²) in [6.45, 7) is 12.5. The van der Waals surface area contributed by atoms with Crippen molar-refractivity contribution in [2.75, 3.05) is 24.2 Å². The third-order valence-electron chi connectivity index (χ3n) is 3.62. The molecule has 0 bridgehead atoms. The van der Waals surface area contributed by atoms with Crippen LogP contribution in [0.4, 0.5) is 11.5 Å². The summed E-state index contributed by atoms with van der Waals surface area (Å²) in [7, 11) is 0. The first-order chi connectivity index (χ1) is 8.86. The molecule has 0 aromatic carbocycles. The number of pyridine rings is 1. The molecule has 0 atom stereocenters. The molecular weight excluding hydrogens is 238 g/mol. The quantitative estimate of drug-likeness (QED) is 0.791.